The van der Waals surface area contributed by atoms with E-state index in [4.69, 9.17) is 18.9 Å². The second-order valence-electron chi connectivity index (χ2n) is 5.28. The Morgan fingerprint density at radius 3 is 2.62 bits per heavy atom. The third-order valence-corrected chi connectivity index (χ3v) is 3.76. The quantitative estimate of drug-likeness (QED) is 0.737. The molecule has 0 aromatic rings. The molecule has 1 spiro atoms. The Morgan fingerprint density at radius 1 is 1.31 bits per heavy atom. The normalized spacial score (nSPS) is 53.2. The summed E-state index contributed by atoms with van der Waals surface area (Å²) in [5, 5.41) is 9.22. The van der Waals surface area contributed by atoms with Crippen LogP contribution in [0.3, 0.4) is 0 Å². The van der Waals surface area contributed by atoms with Crippen molar-refractivity contribution in [2.24, 2.45) is 5.92 Å². The van der Waals surface area contributed by atoms with E-state index in [0.717, 1.165) is 6.42 Å². The van der Waals surface area contributed by atoms with Crippen LogP contribution in [0.5, 0.6) is 0 Å². The van der Waals surface area contributed by atoms with E-state index in [1.807, 2.05) is 13.8 Å². The number of rotatable bonds is 2. The van der Waals surface area contributed by atoms with Crippen molar-refractivity contribution >= 4 is 0 Å². The van der Waals surface area contributed by atoms with Gasteiger partial charge in [0.1, 0.15) is 17.8 Å². The first kappa shape index (κ1) is 10.9. The number of hydrogen-bond donors (Lipinski definition) is 1. The Kier molecular flexibility index (Phi) is 2.17. The molecule has 92 valence electrons. The first-order valence-corrected chi connectivity index (χ1v) is 5.69. The minimum atomic E-state index is -0.592. The van der Waals surface area contributed by atoms with Gasteiger partial charge in [-0.25, -0.2) is 0 Å². The van der Waals surface area contributed by atoms with E-state index in [-0.39, 0.29) is 36.6 Å². The highest BCUT2D eigenvalue weighted by molar-refractivity contribution is 5.18. The van der Waals surface area contributed by atoms with Crippen molar-refractivity contribution in [3.8, 4) is 0 Å². The monoisotopic (exact) mass is 230 g/mol. The number of fused-ring (bicyclic) bond motifs is 2. The largest absolute Gasteiger partial charge is 0.396 e. The fraction of sp³-hybridized carbons (Fsp3) is 1.00. The minimum Gasteiger partial charge on any atom is -0.396 e. The molecule has 0 aromatic heterocycles. The zero-order valence-corrected chi connectivity index (χ0v) is 9.80. The summed E-state index contributed by atoms with van der Waals surface area (Å²) in [6.07, 6.45) is 0.133. The number of hydrogen-bond acceptors (Lipinski definition) is 5. The SMILES string of the molecule is CO[C@@H]1O[C@@]2(C[C@H]2CO)[C@H]2OC(C)(C)O[C@@H]12. The summed E-state index contributed by atoms with van der Waals surface area (Å²) in [6.45, 7) is 3.91. The van der Waals surface area contributed by atoms with E-state index < -0.39 is 5.79 Å². The highest BCUT2D eigenvalue weighted by Crippen LogP contribution is 2.59. The van der Waals surface area contributed by atoms with Crippen LogP contribution >= 0.6 is 0 Å². The summed E-state index contributed by atoms with van der Waals surface area (Å²) in [5.41, 5.74) is -0.381. The summed E-state index contributed by atoms with van der Waals surface area (Å²) in [5.74, 6) is -0.441. The van der Waals surface area contributed by atoms with Crippen LogP contribution in [0, 0.1) is 5.92 Å². The molecule has 2 aliphatic heterocycles. The van der Waals surface area contributed by atoms with Crippen molar-refractivity contribution in [2.75, 3.05) is 13.7 Å². The fourth-order valence-electron chi connectivity index (χ4n) is 2.94. The maximum Gasteiger partial charge on any atom is 0.186 e. The Morgan fingerprint density at radius 2 is 2.06 bits per heavy atom. The maximum atomic E-state index is 9.22. The Hall–Kier alpha value is -0.200. The van der Waals surface area contributed by atoms with E-state index in [1.165, 1.54) is 0 Å². The Labute approximate surface area is 94.6 Å². The third-order valence-electron chi connectivity index (χ3n) is 3.76. The number of ether oxygens (including phenoxy) is 4. The van der Waals surface area contributed by atoms with Gasteiger partial charge < -0.3 is 24.1 Å². The van der Waals surface area contributed by atoms with Gasteiger partial charge in [0.2, 0.25) is 0 Å². The molecule has 0 aromatic carbocycles. The number of aliphatic hydroxyl groups excluding tert-OH is 1. The molecule has 3 fully saturated rings. The van der Waals surface area contributed by atoms with Crippen LogP contribution in [0.4, 0.5) is 0 Å². The van der Waals surface area contributed by atoms with Gasteiger partial charge in [-0.05, 0) is 20.3 Å². The second kappa shape index (κ2) is 3.17. The molecule has 3 aliphatic rings. The lowest BCUT2D eigenvalue weighted by atomic mass is 10.1. The summed E-state index contributed by atoms with van der Waals surface area (Å²) in [7, 11) is 1.60. The van der Waals surface area contributed by atoms with Crippen molar-refractivity contribution in [1.29, 1.82) is 0 Å². The average molecular weight is 230 g/mol. The predicted molar refractivity (Wildman–Crippen MR) is 53.6 cm³/mol. The molecule has 5 heteroatoms. The van der Waals surface area contributed by atoms with Gasteiger partial charge in [0, 0.05) is 19.6 Å². The van der Waals surface area contributed by atoms with Crippen LogP contribution in [-0.2, 0) is 18.9 Å². The Bertz CT molecular complexity index is 305. The first-order chi connectivity index (χ1) is 7.52. The molecule has 16 heavy (non-hydrogen) atoms. The molecule has 2 saturated heterocycles. The van der Waals surface area contributed by atoms with Gasteiger partial charge >= 0.3 is 0 Å². The first-order valence-electron chi connectivity index (χ1n) is 5.69. The lowest BCUT2D eigenvalue weighted by molar-refractivity contribution is -0.235. The van der Waals surface area contributed by atoms with E-state index in [1.54, 1.807) is 7.11 Å². The zero-order chi connectivity index (χ0) is 11.6. The summed E-state index contributed by atoms with van der Waals surface area (Å²) in [4.78, 5) is 0. The van der Waals surface area contributed by atoms with Crippen molar-refractivity contribution < 1.29 is 24.1 Å². The van der Waals surface area contributed by atoms with E-state index in [0.29, 0.717) is 0 Å². The van der Waals surface area contributed by atoms with Gasteiger partial charge in [-0.15, -0.1) is 0 Å². The lowest BCUT2D eigenvalue weighted by Crippen LogP contribution is -2.33. The van der Waals surface area contributed by atoms with Gasteiger partial charge in [-0.2, -0.15) is 0 Å². The number of methoxy groups -OCH3 is 1. The van der Waals surface area contributed by atoms with Crippen molar-refractivity contribution in [2.45, 2.75) is 50.2 Å². The van der Waals surface area contributed by atoms with Crippen molar-refractivity contribution in [3.63, 3.8) is 0 Å². The van der Waals surface area contributed by atoms with Gasteiger partial charge in [-0.3, -0.25) is 0 Å². The molecule has 0 bridgehead atoms. The predicted octanol–water partition coefficient (Wildman–Crippen LogP) is 0.260. The van der Waals surface area contributed by atoms with Crippen LogP contribution < -0.4 is 0 Å². The van der Waals surface area contributed by atoms with Crippen LogP contribution in [-0.4, -0.2) is 48.7 Å². The molecule has 1 aliphatic carbocycles. The van der Waals surface area contributed by atoms with Crippen molar-refractivity contribution in [1.82, 2.24) is 0 Å². The van der Waals surface area contributed by atoms with Crippen LogP contribution in [0.2, 0.25) is 0 Å². The molecule has 0 radical (unpaired) electrons. The summed E-state index contributed by atoms with van der Waals surface area (Å²) in [6, 6.07) is 0. The van der Waals surface area contributed by atoms with Gasteiger partial charge in [0.05, 0.1) is 0 Å². The van der Waals surface area contributed by atoms with Crippen molar-refractivity contribution in [3.05, 3.63) is 0 Å². The molecular formula is C11H18O5. The van der Waals surface area contributed by atoms with Gasteiger partial charge in [-0.1, -0.05) is 0 Å². The minimum absolute atomic E-state index is 0.121. The molecule has 5 atom stereocenters. The molecule has 0 amide bonds. The van der Waals surface area contributed by atoms with Gasteiger partial charge in [0.15, 0.2) is 12.1 Å². The van der Waals surface area contributed by atoms with Crippen LogP contribution in [0.15, 0.2) is 0 Å². The number of aliphatic hydroxyl groups is 1. The smallest absolute Gasteiger partial charge is 0.186 e. The van der Waals surface area contributed by atoms with Crippen LogP contribution in [0.25, 0.3) is 0 Å². The summed E-state index contributed by atoms with van der Waals surface area (Å²) >= 11 is 0. The van der Waals surface area contributed by atoms with Crippen LogP contribution in [0.1, 0.15) is 20.3 Å². The zero-order valence-electron chi connectivity index (χ0n) is 9.80. The molecule has 5 nitrogen and oxygen atoms in total. The molecule has 3 rings (SSSR count). The van der Waals surface area contributed by atoms with E-state index in [2.05, 4.69) is 0 Å². The molecule has 0 unspecified atom stereocenters. The molecular weight excluding hydrogens is 212 g/mol. The lowest BCUT2D eigenvalue weighted by Gasteiger charge is -2.23. The Balaban J connectivity index is 1.85. The van der Waals surface area contributed by atoms with Gasteiger partial charge in [0.25, 0.3) is 0 Å². The highest BCUT2D eigenvalue weighted by atomic mass is 16.8. The van der Waals surface area contributed by atoms with E-state index in [9.17, 15) is 5.11 Å². The fourth-order valence-corrected chi connectivity index (χ4v) is 2.94. The standard InChI is InChI=1S/C11H18O5/c1-10(2)14-7-8(15-10)11(4-6(11)5-12)16-9(7)13-3/h6-9,12H,4-5H2,1-3H3/t6-,7+,8-,9+,11+/m0/s1. The maximum absolute atomic E-state index is 9.22. The van der Waals surface area contributed by atoms with E-state index >= 15 is 0 Å². The molecule has 1 N–H and O–H groups in total. The molecule has 2 heterocycles. The topological polar surface area (TPSA) is 57.2 Å². The molecule has 1 saturated carbocycles. The second-order valence-corrected chi connectivity index (χ2v) is 5.28. The third kappa shape index (κ3) is 1.29. The average Bonchev–Trinajstić information content (AvgIpc) is 2.75. The highest BCUT2D eigenvalue weighted by Gasteiger charge is 2.73. The summed E-state index contributed by atoms with van der Waals surface area (Å²) < 4.78 is 22.8.